The van der Waals surface area contributed by atoms with Gasteiger partial charge in [-0.1, -0.05) is 117 Å². The van der Waals surface area contributed by atoms with Crippen LogP contribution in [0.25, 0.3) is 49.4 Å². The van der Waals surface area contributed by atoms with Crippen LogP contribution in [0.3, 0.4) is 0 Å². The van der Waals surface area contributed by atoms with Crippen molar-refractivity contribution in [3.05, 3.63) is 168 Å². The molecule has 0 N–H and O–H groups in total. The number of anilines is 3. The van der Waals surface area contributed by atoms with E-state index in [-0.39, 0.29) is 5.41 Å². The maximum Gasteiger partial charge on any atom is 0.0543 e. The van der Waals surface area contributed by atoms with Crippen molar-refractivity contribution in [2.45, 2.75) is 33.1 Å². The topological polar surface area (TPSA) is 8.17 Å². The molecule has 0 atom stereocenters. The highest BCUT2D eigenvalue weighted by molar-refractivity contribution is 6.11. The largest absolute Gasteiger partial charge is 0.309 e. The Balaban J connectivity index is 1.31. The Bertz CT molecular complexity index is 2440. The van der Waals surface area contributed by atoms with Gasteiger partial charge in [-0.15, -0.1) is 0 Å². The van der Waals surface area contributed by atoms with E-state index in [4.69, 9.17) is 0 Å². The molecule has 1 aliphatic carbocycles. The summed E-state index contributed by atoms with van der Waals surface area (Å²) in [5.41, 5.74) is 15.0. The Morgan fingerprint density at radius 1 is 0.511 bits per heavy atom. The van der Waals surface area contributed by atoms with Crippen molar-refractivity contribution in [1.82, 2.24) is 4.57 Å². The first-order chi connectivity index (χ1) is 22.9. The van der Waals surface area contributed by atoms with Crippen LogP contribution in [0.2, 0.25) is 0 Å². The number of rotatable bonds is 4. The molecule has 0 saturated heterocycles. The molecule has 1 heterocycles. The van der Waals surface area contributed by atoms with Gasteiger partial charge in [0.2, 0.25) is 0 Å². The Kier molecular flexibility index (Phi) is 6.01. The van der Waals surface area contributed by atoms with E-state index in [9.17, 15) is 0 Å². The van der Waals surface area contributed by atoms with E-state index in [1.165, 1.54) is 83.0 Å². The monoisotopic (exact) mass is 604 g/mol. The van der Waals surface area contributed by atoms with Gasteiger partial charge in [0.1, 0.15) is 0 Å². The number of para-hydroxylation sites is 4. The summed E-state index contributed by atoms with van der Waals surface area (Å²) >= 11 is 0. The second kappa shape index (κ2) is 10.2. The SMILES string of the molecule is Cc1cccc(C)c1N(c1ccccc1)c1cc2c(c3ccccc13)-c1ccc(-n3c4ccccc4c4ccccc43)cc1C2(C)C. The van der Waals surface area contributed by atoms with Crippen LogP contribution < -0.4 is 4.90 Å². The number of hydrogen-bond acceptors (Lipinski definition) is 1. The number of nitrogens with zero attached hydrogens (tertiary/aromatic N) is 2. The van der Waals surface area contributed by atoms with E-state index < -0.39 is 0 Å². The van der Waals surface area contributed by atoms with Crippen LogP contribution in [0.5, 0.6) is 0 Å². The van der Waals surface area contributed by atoms with Crippen LogP contribution in [0.15, 0.2) is 146 Å². The maximum atomic E-state index is 2.48. The van der Waals surface area contributed by atoms with Crippen molar-refractivity contribution in [3.8, 4) is 16.8 Å². The zero-order valence-corrected chi connectivity index (χ0v) is 27.3. The van der Waals surface area contributed by atoms with Crippen LogP contribution in [-0.4, -0.2) is 4.57 Å². The third kappa shape index (κ3) is 3.98. The van der Waals surface area contributed by atoms with Gasteiger partial charge in [0.05, 0.1) is 22.4 Å². The van der Waals surface area contributed by atoms with Gasteiger partial charge in [-0.05, 0) is 95.1 Å². The minimum absolute atomic E-state index is 0.207. The van der Waals surface area contributed by atoms with Crippen molar-refractivity contribution >= 4 is 49.6 Å². The van der Waals surface area contributed by atoms with Gasteiger partial charge in [-0.3, -0.25) is 0 Å². The van der Waals surface area contributed by atoms with Crippen molar-refractivity contribution in [2.75, 3.05) is 4.90 Å². The lowest BCUT2D eigenvalue weighted by atomic mass is 9.81. The first-order valence-corrected chi connectivity index (χ1v) is 16.5. The lowest BCUT2D eigenvalue weighted by Gasteiger charge is -2.31. The zero-order valence-electron chi connectivity index (χ0n) is 27.3. The van der Waals surface area contributed by atoms with E-state index in [2.05, 4.69) is 183 Å². The summed E-state index contributed by atoms with van der Waals surface area (Å²) in [6.07, 6.45) is 0. The van der Waals surface area contributed by atoms with Gasteiger partial charge in [-0.2, -0.15) is 0 Å². The van der Waals surface area contributed by atoms with Gasteiger partial charge in [-0.25, -0.2) is 0 Å². The number of fused-ring (bicyclic) bond motifs is 8. The molecule has 47 heavy (non-hydrogen) atoms. The molecule has 0 radical (unpaired) electrons. The van der Waals surface area contributed by atoms with Crippen molar-refractivity contribution in [3.63, 3.8) is 0 Å². The number of hydrogen-bond donors (Lipinski definition) is 0. The van der Waals surface area contributed by atoms with E-state index >= 15 is 0 Å². The van der Waals surface area contributed by atoms with Crippen LogP contribution in [0.4, 0.5) is 17.1 Å². The predicted octanol–water partition coefficient (Wildman–Crippen LogP) is 12.3. The fourth-order valence-electron chi connectivity index (χ4n) is 8.20. The average Bonchev–Trinajstić information content (AvgIpc) is 3.55. The molecule has 2 nitrogen and oxygen atoms in total. The third-order valence-electron chi connectivity index (χ3n) is 10.4. The molecule has 1 aliphatic rings. The quantitative estimate of drug-likeness (QED) is 0.194. The van der Waals surface area contributed by atoms with Crippen molar-refractivity contribution < 1.29 is 0 Å². The molecular formula is C45H36N2. The van der Waals surface area contributed by atoms with Gasteiger partial charge < -0.3 is 9.47 Å². The molecule has 0 spiro atoms. The van der Waals surface area contributed by atoms with Gasteiger partial charge >= 0.3 is 0 Å². The van der Waals surface area contributed by atoms with E-state index in [0.717, 1.165) is 5.69 Å². The molecule has 2 heteroatoms. The van der Waals surface area contributed by atoms with Crippen LogP contribution in [0.1, 0.15) is 36.1 Å². The molecule has 9 rings (SSSR count). The molecule has 0 unspecified atom stereocenters. The molecule has 8 aromatic rings. The second-order valence-corrected chi connectivity index (χ2v) is 13.5. The minimum Gasteiger partial charge on any atom is -0.309 e. The van der Waals surface area contributed by atoms with Crippen LogP contribution in [0, 0.1) is 13.8 Å². The summed E-state index contributed by atoms with van der Waals surface area (Å²) in [5, 5.41) is 5.13. The smallest absolute Gasteiger partial charge is 0.0543 e. The Morgan fingerprint density at radius 2 is 1.09 bits per heavy atom. The molecule has 0 saturated carbocycles. The van der Waals surface area contributed by atoms with Gasteiger partial charge in [0.25, 0.3) is 0 Å². The molecular weight excluding hydrogens is 569 g/mol. The lowest BCUT2D eigenvalue weighted by Crippen LogP contribution is -2.18. The highest BCUT2D eigenvalue weighted by Gasteiger charge is 2.38. The van der Waals surface area contributed by atoms with Gasteiger partial charge in [0, 0.05) is 32.9 Å². The Morgan fingerprint density at radius 3 is 1.74 bits per heavy atom. The minimum atomic E-state index is -0.207. The molecule has 7 aromatic carbocycles. The second-order valence-electron chi connectivity index (χ2n) is 13.5. The van der Waals surface area contributed by atoms with Crippen LogP contribution >= 0.6 is 0 Å². The summed E-state index contributed by atoms with van der Waals surface area (Å²) in [6, 6.07) is 53.6. The summed E-state index contributed by atoms with van der Waals surface area (Å²) < 4.78 is 2.44. The molecule has 1 aromatic heterocycles. The molecule has 0 amide bonds. The molecule has 0 bridgehead atoms. The average molecular weight is 605 g/mol. The highest BCUT2D eigenvalue weighted by Crippen LogP contribution is 2.55. The fourth-order valence-corrected chi connectivity index (χ4v) is 8.20. The summed E-state index contributed by atoms with van der Waals surface area (Å²) in [6.45, 7) is 9.25. The van der Waals surface area contributed by atoms with Gasteiger partial charge in [0.15, 0.2) is 0 Å². The fraction of sp³-hybridized carbons (Fsp3) is 0.111. The Hall–Kier alpha value is -5.60. The normalized spacial score (nSPS) is 13.3. The van der Waals surface area contributed by atoms with Crippen molar-refractivity contribution in [2.24, 2.45) is 0 Å². The summed E-state index contributed by atoms with van der Waals surface area (Å²) in [5.74, 6) is 0. The first-order valence-electron chi connectivity index (χ1n) is 16.5. The third-order valence-corrected chi connectivity index (χ3v) is 10.4. The number of aromatic nitrogens is 1. The lowest BCUT2D eigenvalue weighted by molar-refractivity contribution is 0.660. The van der Waals surface area contributed by atoms with E-state index in [1.807, 2.05) is 0 Å². The predicted molar refractivity (Wildman–Crippen MR) is 200 cm³/mol. The number of benzene rings is 7. The first kappa shape index (κ1) is 27.7. The Labute approximate surface area is 276 Å². The van der Waals surface area contributed by atoms with Crippen molar-refractivity contribution in [1.29, 1.82) is 0 Å². The summed E-state index contributed by atoms with van der Waals surface area (Å²) in [7, 11) is 0. The highest BCUT2D eigenvalue weighted by atomic mass is 15.1. The maximum absolute atomic E-state index is 2.48. The standard InChI is InChI=1S/C45H36N2/c1-29-15-14-16-30(2)44(29)47(31-17-6-5-7-18-31)42-28-39-43(36-22-9-8-21-35(36)42)37-26-25-32(27-38(37)45(39,3)4)46-40-23-12-10-19-33(40)34-20-11-13-24-41(34)46/h5-28H,1-4H3. The molecule has 0 fully saturated rings. The summed E-state index contributed by atoms with van der Waals surface area (Å²) in [4.78, 5) is 2.48. The van der Waals surface area contributed by atoms with Crippen LogP contribution in [-0.2, 0) is 5.41 Å². The molecule has 0 aliphatic heterocycles. The number of aryl methyl sites for hydroxylation is 2. The zero-order chi connectivity index (χ0) is 31.9. The van der Waals surface area contributed by atoms with E-state index in [0.29, 0.717) is 0 Å². The molecule has 226 valence electrons. The van der Waals surface area contributed by atoms with E-state index in [1.54, 1.807) is 0 Å².